The summed E-state index contributed by atoms with van der Waals surface area (Å²) in [6.07, 6.45) is 0.410. The van der Waals surface area contributed by atoms with Crippen LogP contribution in [0.5, 0.6) is 0 Å². The molecule has 0 atom stereocenters. The highest BCUT2D eigenvalue weighted by molar-refractivity contribution is 7.46. The fourth-order valence-electron chi connectivity index (χ4n) is 1.55. The number of ketones is 1. The zero-order valence-electron chi connectivity index (χ0n) is 8.21. The molecule has 0 amide bonds. The summed E-state index contributed by atoms with van der Waals surface area (Å²) in [5.41, 5.74) is 0. The largest absolute Gasteiger partial charge is 0.469 e. The number of rotatable bonds is 4. The summed E-state index contributed by atoms with van der Waals surface area (Å²) in [6.45, 7) is 3.64. The first kappa shape index (κ1) is 11.9. The van der Waals surface area contributed by atoms with Crippen molar-refractivity contribution in [3.05, 3.63) is 0 Å². The molecule has 1 rings (SSSR count). The van der Waals surface area contributed by atoms with E-state index < -0.39 is 13.9 Å². The third-order valence-corrected chi connectivity index (χ3v) is 2.93. The highest BCUT2D eigenvalue weighted by Crippen LogP contribution is 2.44. The van der Waals surface area contributed by atoms with Crippen LogP contribution in [-0.4, -0.2) is 21.7 Å². The average molecular weight is 222 g/mol. The van der Waals surface area contributed by atoms with Crippen molar-refractivity contribution in [2.45, 2.75) is 32.8 Å². The minimum Gasteiger partial charge on any atom is -0.303 e. The number of Topliss-reactive ketones (excluding diaryl/α,β-unsaturated/α-hetero) is 1. The molecule has 5 nitrogen and oxygen atoms in total. The molecule has 0 spiro atoms. The Balaban J connectivity index is 2.31. The highest BCUT2D eigenvalue weighted by atomic mass is 31.2. The van der Waals surface area contributed by atoms with Crippen molar-refractivity contribution in [3.63, 3.8) is 0 Å². The summed E-state index contributed by atoms with van der Waals surface area (Å²) in [5.74, 6) is 0.0538. The first-order valence-corrected chi connectivity index (χ1v) is 6.10. The molecule has 2 N–H and O–H groups in total. The van der Waals surface area contributed by atoms with E-state index >= 15 is 0 Å². The number of carbonyl (C=O) groups excluding carboxylic acids is 1. The summed E-state index contributed by atoms with van der Waals surface area (Å²) in [4.78, 5) is 28.4. The molecule has 6 heteroatoms. The van der Waals surface area contributed by atoms with Crippen LogP contribution in [0.15, 0.2) is 0 Å². The Morgan fingerprint density at radius 1 is 1.43 bits per heavy atom. The third kappa shape index (κ3) is 3.17. The SMILES string of the molecule is CC(C)C(=O)C1CC(OP(=O)(O)O)C1. The summed E-state index contributed by atoms with van der Waals surface area (Å²) in [7, 11) is -4.38. The van der Waals surface area contributed by atoms with Crippen molar-refractivity contribution in [3.8, 4) is 0 Å². The van der Waals surface area contributed by atoms with E-state index in [2.05, 4.69) is 4.52 Å². The first-order valence-electron chi connectivity index (χ1n) is 4.57. The molecule has 0 radical (unpaired) electrons. The van der Waals surface area contributed by atoms with Crippen LogP contribution in [0.3, 0.4) is 0 Å². The van der Waals surface area contributed by atoms with Crippen molar-refractivity contribution in [2.24, 2.45) is 11.8 Å². The second-order valence-corrected chi connectivity index (χ2v) is 5.14. The lowest BCUT2D eigenvalue weighted by Crippen LogP contribution is -2.37. The molecule has 0 aliphatic heterocycles. The molecule has 0 aromatic rings. The number of phosphoric acid groups is 1. The lowest BCUT2D eigenvalue weighted by Gasteiger charge is -2.34. The van der Waals surface area contributed by atoms with Gasteiger partial charge in [-0.3, -0.25) is 9.32 Å². The molecule has 1 aliphatic rings. The normalized spacial score (nSPS) is 27.5. The quantitative estimate of drug-likeness (QED) is 0.696. The van der Waals surface area contributed by atoms with Gasteiger partial charge in [-0.05, 0) is 12.8 Å². The maximum absolute atomic E-state index is 11.4. The van der Waals surface area contributed by atoms with Crippen molar-refractivity contribution in [2.75, 3.05) is 0 Å². The van der Waals surface area contributed by atoms with Gasteiger partial charge in [-0.15, -0.1) is 0 Å². The van der Waals surface area contributed by atoms with Gasteiger partial charge in [-0.2, -0.15) is 0 Å². The van der Waals surface area contributed by atoms with Crippen molar-refractivity contribution < 1.29 is 23.7 Å². The van der Waals surface area contributed by atoms with Crippen LogP contribution in [0.4, 0.5) is 0 Å². The Bertz CT molecular complexity index is 263. The van der Waals surface area contributed by atoms with Crippen LogP contribution < -0.4 is 0 Å². The molecule has 0 unspecified atom stereocenters. The maximum Gasteiger partial charge on any atom is 0.469 e. The Morgan fingerprint density at radius 2 is 1.93 bits per heavy atom. The fraction of sp³-hybridized carbons (Fsp3) is 0.875. The molecule has 0 aromatic heterocycles. The zero-order chi connectivity index (χ0) is 10.9. The van der Waals surface area contributed by atoms with Gasteiger partial charge in [-0.25, -0.2) is 4.57 Å². The van der Waals surface area contributed by atoms with Crippen molar-refractivity contribution >= 4 is 13.6 Å². The molecule has 1 fully saturated rings. The minimum atomic E-state index is -4.38. The molecule has 0 heterocycles. The Hall–Kier alpha value is -0.220. The summed E-state index contributed by atoms with van der Waals surface area (Å²) in [5, 5.41) is 0. The van der Waals surface area contributed by atoms with Gasteiger partial charge in [0.2, 0.25) is 0 Å². The average Bonchev–Trinajstić information content (AvgIpc) is 1.92. The van der Waals surface area contributed by atoms with Crippen molar-refractivity contribution in [1.29, 1.82) is 0 Å². The minimum absolute atomic E-state index is 0.0176. The summed E-state index contributed by atoms with van der Waals surface area (Å²) >= 11 is 0. The summed E-state index contributed by atoms with van der Waals surface area (Å²) < 4.78 is 14.9. The number of hydrogen-bond acceptors (Lipinski definition) is 3. The first-order chi connectivity index (χ1) is 6.29. The predicted molar refractivity (Wildman–Crippen MR) is 49.5 cm³/mol. The smallest absolute Gasteiger partial charge is 0.303 e. The summed E-state index contributed by atoms with van der Waals surface area (Å²) in [6, 6.07) is 0. The van der Waals surface area contributed by atoms with E-state index in [0.29, 0.717) is 12.8 Å². The number of phosphoric ester groups is 1. The molecule has 14 heavy (non-hydrogen) atoms. The zero-order valence-corrected chi connectivity index (χ0v) is 9.11. The van der Waals surface area contributed by atoms with Gasteiger partial charge in [0, 0.05) is 11.8 Å². The monoisotopic (exact) mass is 222 g/mol. The van der Waals surface area contributed by atoms with E-state index in [1.165, 1.54) is 0 Å². The molecule has 1 saturated carbocycles. The Morgan fingerprint density at radius 3 is 2.29 bits per heavy atom. The van der Waals surface area contributed by atoms with E-state index in [1.54, 1.807) is 0 Å². The number of carbonyl (C=O) groups is 1. The predicted octanol–water partition coefficient (Wildman–Crippen LogP) is 1.10. The van der Waals surface area contributed by atoms with Crippen LogP contribution in [-0.2, 0) is 13.9 Å². The van der Waals surface area contributed by atoms with Gasteiger partial charge in [0.05, 0.1) is 6.10 Å². The molecule has 82 valence electrons. The van der Waals surface area contributed by atoms with Gasteiger partial charge in [-0.1, -0.05) is 13.8 Å². The van der Waals surface area contributed by atoms with Gasteiger partial charge >= 0.3 is 7.82 Å². The van der Waals surface area contributed by atoms with Crippen LogP contribution in [0, 0.1) is 11.8 Å². The van der Waals surface area contributed by atoms with E-state index in [0.717, 1.165) is 0 Å². The van der Waals surface area contributed by atoms with Gasteiger partial charge in [0.1, 0.15) is 5.78 Å². The van der Waals surface area contributed by atoms with Crippen LogP contribution >= 0.6 is 7.82 Å². The van der Waals surface area contributed by atoms with Gasteiger partial charge in [0.25, 0.3) is 0 Å². The second kappa shape index (κ2) is 4.11. The van der Waals surface area contributed by atoms with Crippen LogP contribution in [0.25, 0.3) is 0 Å². The second-order valence-electron chi connectivity index (χ2n) is 3.94. The molecule has 0 bridgehead atoms. The molecular formula is C8H15O5P. The number of hydrogen-bond donors (Lipinski definition) is 2. The molecule has 0 aromatic carbocycles. The molecule has 0 saturated heterocycles. The maximum atomic E-state index is 11.4. The topological polar surface area (TPSA) is 83.8 Å². The Labute approximate surface area is 82.7 Å². The third-order valence-electron chi connectivity index (χ3n) is 2.35. The van der Waals surface area contributed by atoms with E-state index in [-0.39, 0.29) is 17.6 Å². The fourth-order valence-corrected chi connectivity index (χ4v) is 2.11. The van der Waals surface area contributed by atoms with E-state index in [1.807, 2.05) is 13.8 Å². The Kier molecular flexibility index (Phi) is 3.48. The standard InChI is InChI=1S/C8H15O5P/c1-5(2)8(9)6-3-7(4-6)13-14(10,11)12/h5-7H,3-4H2,1-2H3,(H2,10,11,12). The van der Waals surface area contributed by atoms with Gasteiger partial charge in [0.15, 0.2) is 0 Å². The van der Waals surface area contributed by atoms with Crippen molar-refractivity contribution in [1.82, 2.24) is 0 Å². The highest BCUT2D eigenvalue weighted by Gasteiger charge is 2.39. The van der Waals surface area contributed by atoms with E-state index in [9.17, 15) is 9.36 Å². The molecule has 1 aliphatic carbocycles. The molecular weight excluding hydrogens is 207 g/mol. The van der Waals surface area contributed by atoms with Crippen LogP contribution in [0.2, 0.25) is 0 Å². The van der Waals surface area contributed by atoms with Gasteiger partial charge < -0.3 is 9.79 Å². The lowest BCUT2D eigenvalue weighted by atomic mass is 9.76. The van der Waals surface area contributed by atoms with Crippen LogP contribution in [0.1, 0.15) is 26.7 Å². The van der Waals surface area contributed by atoms with E-state index in [4.69, 9.17) is 9.79 Å². The lowest BCUT2D eigenvalue weighted by molar-refractivity contribution is -0.131.